The Morgan fingerprint density at radius 1 is 1.26 bits per heavy atom. The third-order valence-corrected chi connectivity index (χ3v) is 6.00. The molecule has 1 amide bonds. The predicted octanol–water partition coefficient (Wildman–Crippen LogP) is 6.60. The zero-order valence-corrected chi connectivity index (χ0v) is 21.6. The van der Waals surface area contributed by atoms with Crippen molar-refractivity contribution in [3.63, 3.8) is 0 Å². The molecule has 2 aromatic carbocycles. The standard InChI is InChI=1S/C25H28F2IN3O3/c1-25(2,3)34-24(32)31-9-4-5-16(15-31)8-10-33-23-12-17(26)11-22(19(23)14-29)30-21-7-6-18(28)13-20(21)27/h6-7,11-13,16,30H,4-5,8-10,15H2,1-3H3/t16-/m1/s1. The largest absolute Gasteiger partial charge is 0.492 e. The number of piperidine rings is 1. The molecule has 2 aromatic rings. The van der Waals surface area contributed by atoms with Crippen LogP contribution < -0.4 is 10.1 Å². The van der Waals surface area contributed by atoms with Gasteiger partial charge >= 0.3 is 6.09 Å². The van der Waals surface area contributed by atoms with Gasteiger partial charge in [0.1, 0.15) is 34.6 Å². The lowest BCUT2D eigenvalue weighted by atomic mass is 9.95. The van der Waals surface area contributed by atoms with Crippen LogP contribution in [-0.2, 0) is 4.74 Å². The van der Waals surface area contributed by atoms with Crippen LogP contribution in [0.2, 0.25) is 0 Å². The molecule has 0 aromatic heterocycles. The fourth-order valence-electron chi connectivity index (χ4n) is 3.77. The third-order valence-electron chi connectivity index (χ3n) is 5.33. The number of hydrogen-bond acceptors (Lipinski definition) is 5. The number of carbonyl (C=O) groups excluding carboxylic acids is 1. The molecule has 182 valence electrons. The number of rotatable bonds is 6. The molecule has 1 N–H and O–H groups in total. The summed E-state index contributed by atoms with van der Waals surface area (Å²) in [6, 6.07) is 8.91. The Labute approximate surface area is 212 Å². The molecule has 0 aliphatic carbocycles. The van der Waals surface area contributed by atoms with Gasteiger partial charge in [0.15, 0.2) is 0 Å². The fourth-order valence-corrected chi connectivity index (χ4v) is 4.23. The van der Waals surface area contributed by atoms with E-state index in [9.17, 15) is 18.8 Å². The SMILES string of the molecule is CC(C)(C)OC(=O)N1CCC[C@H](CCOc2cc(F)cc(Nc3ccc(I)cc3F)c2C#N)C1. The second-order valence-corrected chi connectivity index (χ2v) is 10.5. The van der Waals surface area contributed by atoms with Crippen molar-refractivity contribution in [1.29, 1.82) is 5.26 Å². The average Bonchev–Trinajstić information content (AvgIpc) is 2.74. The first-order chi connectivity index (χ1) is 16.1. The summed E-state index contributed by atoms with van der Waals surface area (Å²) in [6.07, 6.45) is 2.11. The Hall–Kier alpha value is -2.61. The summed E-state index contributed by atoms with van der Waals surface area (Å²) in [5.74, 6) is -0.805. The van der Waals surface area contributed by atoms with E-state index in [0.29, 0.717) is 19.5 Å². The van der Waals surface area contributed by atoms with Gasteiger partial charge in [-0.3, -0.25) is 0 Å². The van der Waals surface area contributed by atoms with Gasteiger partial charge in [-0.15, -0.1) is 0 Å². The number of benzene rings is 2. The van der Waals surface area contributed by atoms with Crippen LogP contribution in [0.25, 0.3) is 0 Å². The van der Waals surface area contributed by atoms with E-state index >= 15 is 0 Å². The Morgan fingerprint density at radius 2 is 2.03 bits per heavy atom. The molecular weight excluding hydrogens is 555 g/mol. The van der Waals surface area contributed by atoms with E-state index in [0.717, 1.165) is 28.5 Å². The van der Waals surface area contributed by atoms with Crippen LogP contribution in [0.5, 0.6) is 5.75 Å². The van der Waals surface area contributed by atoms with Gasteiger partial charge in [-0.25, -0.2) is 13.6 Å². The van der Waals surface area contributed by atoms with Gasteiger partial charge in [-0.05, 0) is 92.8 Å². The highest BCUT2D eigenvalue weighted by Crippen LogP contribution is 2.32. The lowest BCUT2D eigenvalue weighted by Gasteiger charge is -2.34. The first kappa shape index (κ1) is 26.0. The zero-order valence-electron chi connectivity index (χ0n) is 19.5. The van der Waals surface area contributed by atoms with Crippen LogP contribution in [0.1, 0.15) is 45.6 Å². The van der Waals surface area contributed by atoms with Crippen molar-refractivity contribution < 1.29 is 23.0 Å². The van der Waals surface area contributed by atoms with Gasteiger partial charge in [0.2, 0.25) is 0 Å². The lowest BCUT2D eigenvalue weighted by molar-refractivity contribution is 0.0154. The maximum absolute atomic E-state index is 14.3. The molecule has 1 aliphatic rings. The first-order valence-corrected chi connectivity index (χ1v) is 12.2. The van der Waals surface area contributed by atoms with E-state index in [-0.39, 0.29) is 41.3 Å². The van der Waals surface area contributed by atoms with E-state index < -0.39 is 17.2 Å². The molecule has 1 fully saturated rings. The third kappa shape index (κ3) is 7.19. The Morgan fingerprint density at radius 3 is 2.71 bits per heavy atom. The first-order valence-electron chi connectivity index (χ1n) is 11.1. The smallest absolute Gasteiger partial charge is 0.410 e. The number of amides is 1. The summed E-state index contributed by atoms with van der Waals surface area (Å²) < 4.78 is 40.5. The summed E-state index contributed by atoms with van der Waals surface area (Å²) in [5.41, 5.74) is -0.187. The molecule has 3 rings (SSSR count). The molecule has 0 unspecified atom stereocenters. The molecule has 1 atom stereocenters. The highest BCUT2D eigenvalue weighted by Gasteiger charge is 2.27. The number of likely N-dealkylation sites (tertiary alicyclic amines) is 1. The minimum absolute atomic E-state index is 0.0933. The molecular formula is C25H28F2IN3O3. The van der Waals surface area contributed by atoms with Crippen molar-refractivity contribution in [3.05, 3.63) is 51.1 Å². The monoisotopic (exact) mass is 583 g/mol. The van der Waals surface area contributed by atoms with Crippen LogP contribution in [0, 0.1) is 32.5 Å². The van der Waals surface area contributed by atoms with Crippen LogP contribution in [0.15, 0.2) is 30.3 Å². The van der Waals surface area contributed by atoms with Gasteiger partial charge in [0.25, 0.3) is 0 Å². The number of anilines is 2. The summed E-state index contributed by atoms with van der Waals surface area (Å²) in [4.78, 5) is 14.1. The van der Waals surface area contributed by atoms with Gasteiger partial charge in [0.05, 0.1) is 18.0 Å². The molecule has 1 saturated heterocycles. The van der Waals surface area contributed by atoms with E-state index in [4.69, 9.17) is 9.47 Å². The molecule has 9 heteroatoms. The number of nitrogens with one attached hydrogen (secondary N) is 1. The molecule has 34 heavy (non-hydrogen) atoms. The number of ether oxygens (including phenoxy) is 2. The van der Waals surface area contributed by atoms with E-state index in [1.807, 2.05) is 49.4 Å². The number of nitrogens with zero attached hydrogens (tertiary/aromatic N) is 2. The van der Waals surface area contributed by atoms with E-state index in [2.05, 4.69) is 5.32 Å². The average molecular weight is 583 g/mol. The van der Waals surface area contributed by atoms with Crippen molar-refractivity contribution in [2.24, 2.45) is 5.92 Å². The summed E-state index contributed by atoms with van der Waals surface area (Å²) >= 11 is 1.99. The normalized spacial score (nSPS) is 16.0. The van der Waals surface area contributed by atoms with Crippen LogP contribution >= 0.6 is 22.6 Å². The van der Waals surface area contributed by atoms with Crippen molar-refractivity contribution in [3.8, 4) is 11.8 Å². The maximum atomic E-state index is 14.3. The summed E-state index contributed by atoms with van der Waals surface area (Å²) in [6.45, 7) is 6.97. The molecule has 6 nitrogen and oxygen atoms in total. The van der Waals surface area contributed by atoms with Crippen LogP contribution in [0.3, 0.4) is 0 Å². The second-order valence-electron chi connectivity index (χ2n) is 9.26. The quantitative estimate of drug-likeness (QED) is 0.388. The Kier molecular flexibility index (Phi) is 8.57. The Bertz CT molecular complexity index is 1080. The molecule has 1 aliphatic heterocycles. The Balaban J connectivity index is 1.64. The van der Waals surface area contributed by atoms with Gasteiger partial charge in [-0.1, -0.05) is 0 Å². The molecule has 0 saturated carbocycles. The zero-order chi connectivity index (χ0) is 24.9. The molecule has 0 spiro atoms. The maximum Gasteiger partial charge on any atom is 0.410 e. The van der Waals surface area contributed by atoms with Gasteiger partial charge < -0.3 is 19.7 Å². The topological polar surface area (TPSA) is 74.6 Å². The molecule has 1 heterocycles. The minimum Gasteiger partial charge on any atom is -0.492 e. The van der Waals surface area contributed by atoms with E-state index in [1.165, 1.54) is 12.1 Å². The van der Waals surface area contributed by atoms with Crippen molar-refractivity contribution in [2.45, 2.75) is 45.6 Å². The van der Waals surface area contributed by atoms with Crippen LogP contribution in [-0.4, -0.2) is 36.3 Å². The summed E-state index contributed by atoms with van der Waals surface area (Å²) in [5, 5.41) is 12.5. The number of carbonyl (C=O) groups is 1. The van der Waals surface area contributed by atoms with Gasteiger partial charge in [0, 0.05) is 22.7 Å². The lowest BCUT2D eigenvalue weighted by Crippen LogP contribution is -2.43. The number of halogens is 3. The highest BCUT2D eigenvalue weighted by atomic mass is 127. The van der Waals surface area contributed by atoms with Crippen LogP contribution in [0.4, 0.5) is 25.0 Å². The molecule has 0 radical (unpaired) electrons. The van der Waals surface area contributed by atoms with Gasteiger partial charge in [-0.2, -0.15) is 5.26 Å². The molecule has 0 bridgehead atoms. The number of nitriles is 1. The van der Waals surface area contributed by atoms with Crippen molar-refractivity contribution in [2.75, 3.05) is 25.0 Å². The van der Waals surface area contributed by atoms with Crippen molar-refractivity contribution in [1.82, 2.24) is 4.90 Å². The summed E-state index contributed by atoms with van der Waals surface area (Å²) in [7, 11) is 0. The predicted molar refractivity (Wildman–Crippen MR) is 134 cm³/mol. The fraction of sp³-hybridized carbons (Fsp3) is 0.440. The highest BCUT2D eigenvalue weighted by molar-refractivity contribution is 14.1. The number of hydrogen-bond donors (Lipinski definition) is 1. The van der Waals surface area contributed by atoms with Crippen molar-refractivity contribution >= 4 is 40.1 Å². The minimum atomic E-state index is -0.601. The van der Waals surface area contributed by atoms with E-state index in [1.54, 1.807) is 11.0 Å². The second kappa shape index (κ2) is 11.2.